The molecule has 0 saturated carbocycles. The number of hydrogen-bond donors (Lipinski definition) is 1. The van der Waals surface area contributed by atoms with Crippen LogP contribution in [0.25, 0.3) is 11.0 Å². The number of anilines is 1. The summed E-state index contributed by atoms with van der Waals surface area (Å²) >= 11 is 3.43. The number of hydrogen-bond acceptors (Lipinski definition) is 6. The second kappa shape index (κ2) is 5.77. The van der Waals surface area contributed by atoms with Crippen molar-refractivity contribution < 1.29 is 4.74 Å². The molecule has 0 aromatic carbocycles. The van der Waals surface area contributed by atoms with E-state index in [2.05, 4.69) is 36.0 Å². The van der Waals surface area contributed by atoms with Crippen LogP contribution in [0, 0.1) is 20.8 Å². The number of nitrogen functional groups attached to an aromatic ring is 1. The second-order valence-electron chi connectivity index (χ2n) is 5.34. The van der Waals surface area contributed by atoms with Crippen molar-refractivity contribution in [3.05, 3.63) is 33.3 Å². The molecule has 0 amide bonds. The smallest absolute Gasteiger partial charge is 0.223 e. The van der Waals surface area contributed by atoms with Crippen molar-refractivity contribution in [3.63, 3.8) is 0 Å². The molecular formula is C15H17BrN6O. The molecule has 3 heterocycles. The Morgan fingerprint density at radius 1 is 1.22 bits per heavy atom. The monoisotopic (exact) mass is 376 g/mol. The van der Waals surface area contributed by atoms with Crippen LogP contribution in [0.15, 0.2) is 10.8 Å². The first-order valence-electron chi connectivity index (χ1n) is 7.07. The van der Waals surface area contributed by atoms with Gasteiger partial charge in [-0.15, -0.1) is 0 Å². The first-order valence-corrected chi connectivity index (χ1v) is 7.86. The van der Waals surface area contributed by atoms with Crippen molar-refractivity contribution in [1.29, 1.82) is 0 Å². The van der Waals surface area contributed by atoms with Gasteiger partial charge in [0.05, 0.1) is 30.4 Å². The molecule has 0 unspecified atom stereocenters. The first-order chi connectivity index (χ1) is 10.9. The standard InChI is InChI=1S/C15H17BrN6O/c1-7-10(5-18-9(3)12(7)23-4)6-22-14-11(8(2)21-22)13(16)19-15(17)20-14/h5H,6H2,1-4H3,(H2,17,19,20). The molecule has 0 atom stereocenters. The minimum atomic E-state index is 0.210. The van der Waals surface area contributed by atoms with Crippen LogP contribution in [0.4, 0.5) is 5.95 Å². The maximum Gasteiger partial charge on any atom is 0.223 e. The highest BCUT2D eigenvalue weighted by Gasteiger charge is 2.16. The van der Waals surface area contributed by atoms with Crippen LogP contribution in [-0.4, -0.2) is 31.8 Å². The molecule has 120 valence electrons. The molecule has 3 aromatic rings. The molecule has 8 heteroatoms. The van der Waals surface area contributed by atoms with Crippen LogP contribution < -0.4 is 10.5 Å². The molecule has 0 radical (unpaired) electrons. The van der Waals surface area contributed by atoms with E-state index in [1.807, 2.05) is 31.6 Å². The zero-order valence-electron chi connectivity index (χ0n) is 13.4. The van der Waals surface area contributed by atoms with E-state index in [-0.39, 0.29) is 5.95 Å². The van der Waals surface area contributed by atoms with Gasteiger partial charge in [0.1, 0.15) is 10.4 Å². The summed E-state index contributed by atoms with van der Waals surface area (Å²) in [6, 6.07) is 0. The molecule has 7 nitrogen and oxygen atoms in total. The summed E-state index contributed by atoms with van der Waals surface area (Å²) < 4.78 is 7.90. The fourth-order valence-corrected chi connectivity index (χ4v) is 3.34. The third kappa shape index (κ3) is 2.63. The van der Waals surface area contributed by atoms with E-state index in [0.717, 1.165) is 33.7 Å². The van der Waals surface area contributed by atoms with Crippen molar-refractivity contribution in [2.75, 3.05) is 12.8 Å². The van der Waals surface area contributed by atoms with Crippen molar-refractivity contribution in [2.45, 2.75) is 27.3 Å². The number of halogens is 1. The van der Waals surface area contributed by atoms with Crippen molar-refractivity contribution in [3.8, 4) is 5.75 Å². The summed E-state index contributed by atoms with van der Waals surface area (Å²) in [4.78, 5) is 12.9. The molecule has 0 aliphatic heterocycles. The molecule has 3 aromatic heterocycles. The zero-order chi connectivity index (χ0) is 16.7. The number of ether oxygens (including phenoxy) is 1. The van der Waals surface area contributed by atoms with Gasteiger partial charge in [0.2, 0.25) is 5.95 Å². The van der Waals surface area contributed by atoms with Gasteiger partial charge in [-0.1, -0.05) is 0 Å². The minimum absolute atomic E-state index is 0.210. The Hall–Kier alpha value is -2.22. The van der Waals surface area contributed by atoms with E-state index < -0.39 is 0 Å². The van der Waals surface area contributed by atoms with Crippen molar-refractivity contribution >= 4 is 32.9 Å². The summed E-state index contributed by atoms with van der Waals surface area (Å²) in [5, 5.41) is 5.43. The third-order valence-corrected chi connectivity index (χ3v) is 4.40. The van der Waals surface area contributed by atoms with Crippen LogP contribution in [0.3, 0.4) is 0 Å². The summed E-state index contributed by atoms with van der Waals surface area (Å²) in [5.74, 6) is 1.01. The molecule has 2 N–H and O–H groups in total. The predicted molar refractivity (Wildman–Crippen MR) is 91.5 cm³/mol. The molecule has 3 rings (SSSR count). The van der Waals surface area contributed by atoms with Gasteiger partial charge in [0, 0.05) is 6.20 Å². The topological polar surface area (TPSA) is 91.7 Å². The fourth-order valence-electron chi connectivity index (χ4n) is 2.69. The predicted octanol–water partition coefficient (Wildman–Crippen LogP) is 2.55. The van der Waals surface area contributed by atoms with E-state index in [9.17, 15) is 0 Å². The van der Waals surface area contributed by atoms with Crippen LogP contribution in [0.1, 0.15) is 22.5 Å². The van der Waals surface area contributed by atoms with Gasteiger partial charge >= 0.3 is 0 Å². The highest BCUT2D eigenvalue weighted by atomic mass is 79.9. The molecule has 0 bridgehead atoms. The van der Waals surface area contributed by atoms with Crippen LogP contribution in [0.2, 0.25) is 0 Å². The van der Waals surface area contributed by atoms with Gasteiger partial charge in [-0.2, -0.15) is 10.1 Å². The summed E-state index contributed by atoms with van der Waals surface area (Å²) in [7, 11) is 1.65. The van der Waals surface area contributed by atoms with Gasteiger partial charge in [-0.3, -0.25) is 4.98 Å². The van der Waals surface area contributed by atoms with Gasteiger partial charge in [-0.25, -0.2) is 9.67 Å². The average molecular weight is 377 g/mol. The number of rotatable bonds is 3. The Kier molecular flexibility index (Phi) is 3.93. The molecule has 0 fully saturated rings. The number of aromatic nitrogens is 5. The van der Waals surface area contributed by atoms with E-state index in [1.54, 1.807) is 7.11 Å². The summed E-state index contributed by atoms with van der Waals surface area (Å²) in [6.07, 6.45) is 1.84. The van der Waals surface area contributed by atoms with Crippen molar-refractivity contribution in [1.82, 2.24) is 24.7 Å². The minimum Gasteiger partial charge on any atom is -0.495 e. The highest BCUT2D eigenvalue weighted by Crippen LogP contribution is 2.28. The van der Waals surface area contributed by atoms with Crippen LogP contribution in [-0.2, 0) is 6.54 Å². The summed E-state index contributed by atoms with van der Waals surface area (Å²) in [6.45, 7) is 6.39. The molecular weight excluding hydrogens is 360 g/mol. The van der Waals surface area contributed by atoms with Gasteiger partial charge in [0.15, 0.2) is 5.65 Å². The number of pyridine rings is 1. The molecule has 0 saturated heterocycles. The largest absolute Gasteiger partial charge is 0.495 e. The van der Waals surface area contributed by atoms with Crippen LogP contribution >= 0.6 is 15.9 Å². The molecule has 0 aliphatic rings. The molecule has 23 heavy (non-hydrogen) atoms. The van der Waals surface area contributed by atoms with Crippen molar-refractivity contribution in [2.24, 2.45) is 0 Å². The number of nitrogens with two attached hydrogens (primary N) is 1. The average Bonchev–Trinajstić information content (AvgIpc) is 2.79. The Labute approximate surface area is 142 Å². The maximum atomic E-state index is 5.77. The Morgan fingerprint density at radius 2 is 1.96 bits per heavy atom. The lowest BCUT2D eigenvalue weighted by Crippen LogP contribution is -2.08. The van der Waals surface area contributed by atoms with E-state index in [0.29, 0.717) is 16.8 Å². The zero-order valence-corrected chi connectivity index (χ0v) is 15.0. The lowest BCUT2D eigenvalue weighted by Gasteiger charge is -2.12. The second-order valence-corrected chi connectivity index (χ2v) is 6.09. The maximum absolute atomic E-state index is 5.77. The van der Waals surface area contributed by atoms with E-state index in [4.69, 9.17) is 10.5 Å². The SMILES string of the molecule is COc1c(C)ncc(Cn2nc(C)c3c(Br)nc(N)nc32)c1C. The first kappa shape index (κ1) is 15.7. The normalized spacial score (nSPS) is 11.2. The number of fused-ring (bicyclic) bond motifs is 1. The van der Waals surface area contributed by atoms with E-state index in [1.165, 1.54) is 0 Å². The van der Waals surface area contributed by atoms with Gasteiger partial charge < -0.3 is 10.5 Å². The quantitative estimate of drug-likeness (QED) is 0.706. The summed E-state index contributed by atoms with van der Waals surface area (Å²) in [5.41, 5.74) is 10.2. The Balaban J connectivity index is 2.13. The molecule has 0 spiro atoms. The number of aryl methyl sites for hydroxylation is 2. The van der Waals surface area contributed by atoms with Gasteiger partial charge in [0.25, 0.3) is 0 Å². The van der Waals surface area contributed by atoms with E-state index >= 15 is 0 Å². The lowest BCUT2D eigenvalue weighted by atomic mass is 10.1. The number of nitrogens with zero attached hydrogens (tertiary/aromatic N) is 5. The molecule has 0 aliphatic carbocycles. The lowest BCUT2D eigenvalue weighted by molar-refractivity contribution is 0.405. The Bertz CT molecular complexity index is 905. The number of methoxy groups -OCH3 is 1. The third-order valence-electron chi connectivity index (χ3n) is 3.83. The van der Waals surface area contributed by atoms with Gasteiger partial charge in [-0.05, 0) is 47.8 Å². The Morgan fingerprint density at radius 3 is 2.65 bits per heavy atom. The highest BCUT2D eigenvalue weighted by molar-refractivity contribution is 9.10. The fraction of sp³-hybridized carbons (Fsp3) is 0.333. The van der Waals surface area contributed by atoms with Crippen LogP contribution in [0.5, 0.6) is 5.75 Å².